The molecule has 0 saturated carbocycles. The molecule has 116 valence electrons. The van der Waals surface area contributed by atoms with Crippen LogP contribution in [0.5, 0.6) is 0 Å². The molecule has 0 aromatic heterocycles. The monoisotopic (exact) mass is 302 g/mol. The highest BCUT2D eigenvalue weighted by Gasteiger charge is 2.40. The van der Waals surface area contributed by atoms with Crippen molar-refractivity contribution in [3.05, 3.63) is 0 Å². The normalized spacial score (nSPS) is 24.1. The highest BCUT2D eigenvalue weighted by Crippen LogP contribution is 2.32. The third-order valence-electron chi connectivity index (χ3n) is 3.90. The molecule has 1 fully saturated rings. The van der Waals surface area contributed by atoms with Crippen LogP contribution in [-0.4, -0.2) is 48.1 Å². The van der Waals surface area contributed by atoms with Crippen molar-refractivity contribution in [2.75, 3.05) is 25.1 Å². The summed E-state index contributed by atoms with van der Waals surface area (Å²) in [5.74, 6) is -0.307. The molecule has 1 unspecified atom stereocenters. The van der Waals surface area contributed by atoms with E-state index < -0.39 is 17.4 Å². The van der Waals surface area contributed by atoms with Crippen LogP contribution in [0.25, 0.3) is 0 Å². The molecular formula is C14H26N2O3S. The topological polar surface area (TPSA) is 78.4 Å². The van der Waals surface area contributed by atoms with Gasteiger partial charge in [-0.05, 0) is 44.2 Å². The van der Waals surface area contributed by atoms with Crippen LogP contribution in [0.1, 0.15) is 39.0 Å². The Bertz CT molecular complexity index is 325. The molecule has 1 amide bonds. The molecule has 1 heterocycles. The number of hydrogen-bond donors (Lipinski definition) is 3. The second-order valence-corrected chi connectivity index (χ2v) is 6.44. The minimum atomic E-state index is -0.942. The molecule has 0 radical (unpaired) electrons. The summed E-state index contributed by atoms with van der Waals surface area (Å²) in [6.45, 7) is 3.65. The Morgan fingerprint density at radius 1 is 1.50 bits per heavy atom. The molecule has 20 heavy (non-hydrogen) atoms. The number of carbonyl (C=O) groups excluding carboxylic acids is 1. The number of carboxylic acids is 1. The summed E-state index contributed by atoms with van der Waals surface area (Å²) in [5, 5.41) is 15.3. The first-order valence-corrected chi connectivity index (χ1v) is 8.68. The molecule has 3 N–H and O–H groups in total. The van der Waals surface area contributed by atoms with Crippen LogP contribution in [-0.2, 0) is 9.59 Å². The van der Waals surface area contributed by atoms with Crippen molar-refractivity contribution in [2.24, 2.45) is 5.41 Å². The van der Waals surface area contributed by atoms with Crippen molar-refractivity contribution in [1.29, 1.82) is 0 Å². The lowest BCUT2D eigenvalue weighted by molar-refractivity contribution is -0.144. The largest absolute Gasteiger partial charge is 0.480 e. The van der Waals surface area contributed by atoms with E-state index in [0.29, 0.717) is 13.0 Å². The molecule has 0 aromatic carbocycles. The van der Waals surface area contributed by atoms with Crippen molar-refractivity contribution >= 4 is 23.6 Å². The molecule has 5 nitrogen and oxygen atoms in total. The Labute approximate surface area is 125 Å². The minimum Gasteiger partial charge on any atom is -0.480 e. The van der Waals surface area contributed by atoms with Crippen LogP contribution in [0.3, 0.4) is 0 Å². The Balaban J connectivity index is 2.70. The van der Waals surface area contributed by atoms with Crippen molar-refractivity contribution in [3.63, 3.8) is 0 Å². The third-order valence-corrected chi connectivity index (χ3v) is 4.54. The lowest BCUT2D eigenvalue weighted by Crippen LogP contribution is -2.54. The lowest BCUT2D eigenvalue weighted by Gasteiger charge is -2.37. The van der Waals surface area contributed by atoms with E-state index in [2.05, 4.69) is 17.6 Å². The molecule has 1 saturated heterocycles. The highest BCUT2D eigenvalue weighted by molar-refractivity contribution is 7.98. The number of carboxylic acid groups (broad SMARTS) is 1. The zero-order valence-corrected chi connectivity index (χ0v) is 13.2. The fourth-order valence-corrected chi connectivity index (χ4v) is 3.24. The van der Waals surface area contributed by atoms with Crippen LogP contribution in [0.4, 0.5) is 0 Å². The molecule has 6 heteroatoms. The Kier molecular flexibility index (Phi) is 7.37. The number of thioether (sulfide) groups is 1. The van der Waals surface area contributed by atoms with E-state index in [4.69, 9.17) is 0 Å². The van der Waals surface area contributed by atoms with E-state index in [1.807, 2.05) is 6.26 Å². The Hall–Kier alpha value is -0.750. The second kappa shape index (κ2) is 8.52. The van der Waals surface area contributed by atoms with E-state index in [-0.39, 0.29) is 5.91 Å². The summed E-state index contributed by atoms with van der Waals surface area (Å²) in [5.41, 5.74) is -0.430. The fraction of sp³-hybridized carbons (Fsp3) is 0.857. The fourth-order valence-electron chi connectivity index (χ4n) is 2.77. The molecule has 0 spiro atoms. The number of rotatable bonds is 8. The molecule has 0 aliphatic carbocycles. The number of amides is 1. The quantitative estimate of drug-likeness (QED) is 0.633. The summed E-state index contributed by atoms with van der Waals surface area (Å²) >= 11 is 1.59. The van der Waals surface area contributed by atoms with E-state index in [1.54, 1.807) is 11.8 Å². The van der Waals surface area contributed by atoms with Gasteiger partial charge in [-0.2, -0.15) is 11.8 Å². The van der Waals surface area contributed by atoms with Crippen LogP contribution in [0, 0.1) is 5.41 Å². The van der Waals surface area contributed by atoms with Gasteiger partial charge in [-0.1, -0.05) is 13.3 Å². The van der Waals surface area contributed by atoms with Crippen molar-refractivity contribution in [1.82, 2.24) is 10.6 Å². The third kappa shape index (κ3) is 4.66. The first kappa shape index (κ1) is 17.3. The van der Waals surface area contributed by atoms with Gasteiger partial charge >= 0.3 is 5.97 Å². The molecule has 1 rings (SSSR count). The maximum absolute atomic E-state index is 12.6. The van der Waals surface area contributed by atoms with Gasteiger partial charge in [0.1, 0.15) is 6.04 Å². The first-order chi connectivity index (χ1) is 9.55. The summed E-state index contributed by atoms with van der Waals surface area (Å²) in [6, 6.07) is -0.773. The van der Waals surface area contributed by atoms with Gasteiger partial charge in [0, 0.05) is 6.54 Å². The Morgan fingerprint density at radius 3 is 2.75 bits per heavy atom. The molecule has 0 aromatic rings. The molecule has 2 atom stereocenters. The van der Waals surface area contributed by atoms with Crippen LogP contribution in [0.15, 0.2) is 0 Å². The number of carbonyl (C=O) groups is 2. The van der Waals surface area contributed by atoms with Gasteiger partial charge in [0.15, 0.2) is 0 Å². The number of aliphatic carboxylic acids is 1. The summed E-state index contributed by atoms with van der Waals surface area (Å²) in [7, 11) is 0. The van der Waals surface area contributed by atoms with Gasteiger partial charge in [-0.15, -0.1) is 0 Å². The summed E-state index contributed by atoms with van der Waals surface area (Å²) < 4.78 is 0. The minimum absolute atomic E-state index is 0.0972. The van der Waals surface area contributed by atoms with Crippen molar-refractivity contribution < 1.29 is 14.7 Å². The maximum atomic E-state index is 12.6. The average molecular weight is 302 g/mol. The van der Waals surface area contributed by atoms with Crippen LogP contribution >= 0.6 is 11.8 Å². The standard InChI is InChI=1S/C14H26N2O3S/c1-3-6-14(7-4-8-15-10-14)13(19)16-11(12(17)18)5-9-20-2/h11,15H,3-10H2,1-2H3,(H,16,19)(H,17,18)/t11-,14?/m1/s1. The summed E-state index contributed by atoms with van der Waals surface area (Å²) in [6.07, 6.45) is 5.95. The SMILES string of the molecule is CCCC1(C(=O)N[C@H](CCSC)C(=O)O)CCCNC1. The van der Waals surface area contributed by atoms with Gasteiger partial charge in [0.25, 0.3) is 0 Å². The Morgan fingerprint density at radius 2 is 2.25 bits per heavy atom. The van der Waals surface area contributed by atoms with E-state index in [0.717, 1.165) is 38.0 Å². The van der Waals surface area contributed by atoms with E-state index in [9.17, 15) is 14.7 Å². The predicted octanol–water partition coefficient (Wildman–Crippen LogP) is 1.48. The van der Waals surface area contributed by atoms with Gasteiger partial charge in [-0.25, -0.2) is 4.79 Å². The smallest absolute Gasteiger partial charge is 0.326 e. The molecule has 1 aliphatic heterocycles. The highest BCUT2D eigenvalue weighted by atomic mass is 32.2. The van der Waals surface area contributed by atoms with Gasteiger partial charge in [0.05, 0.1) is 5.41 Å². The van der Waals surface area contributed by atoms with E-state index in [1.165, 1.54) is 0 Å². The molecular weight excluding hydrogens is 276 g/mol. The van der Waals surface area contributed by atoms with Gasteiger partial charge < -0.3 is 15.7 Å². The van der Waals surface area contributed by atoms with Crippen LogP contribution < -0.4 is 10.6 Å². The predicted molar refractivity (Wildman–Crippen MR) is 82.0 cm³/mol. The lowest BCUT2D eigenvalue weighted by atomic mass is 9.76. The molecule has 1 aliphatic rings. The van der Waals surface area contributed by atoms with Gasteiger partial charge in [-0.3, -0.25) is 4.79 Å². The average Bonchev–Trinajstić information content (AvgIpc) is 2.44. The molecule has 0 bridgehead atoms. The van der Waals surface area contributed by atoms with Gasteiger partial charge in [0.2, 0.25) is 5.91 Å². The van der Waals surface area contributed by atoms with Crippen molar-refractivity contribution in [3.8, 4) is 0 Å². The number of piperidine rings is 1. The second-order valence-electron chi connectivity index (χ2n) is 5.46. The van der Waals surface area contributed by atoms with Crippen LogP contribution in [0.2, 0.25) is 0 Å². The first-order valence-electron chi connectivity index (χ1n) is 7.29. The van der Waals surface area contributed by atoms with Crippen molar-refractivity contribution in [2.45, 2.75) is 45.1 Å². The summed E-state index contributed by atoms with van der Waals surface area (Å²) in [4.78, 5) is 23.8. The number of nitrogens with one attached hydrogen (secondary N) is 2. The zero-order chi connectivity index (χ0) is 15.0. The number of hydrogen-bond acceptors (Lipinski definition) is 4. The maximum Gasteiger partial charge on any atom is 0.326 e. The zero-order valence-electron chi connectivity index (χ0n) is 12.4. The van der Waals surface area contributed by atoms with E-state index >= 15 is 0 Å².